The average molecular weight is 318 g/mol. The second-order valence-corrected chi connectivity index (χ2v) is 4.95. The second kappa shape index (κ2) is 4.59. The summed E-state index contributed by atoms with van der Waals surface area (Å²) in [5.74, 6) is 1.30. The molecule has 96 valence electrons. The number of halogens is 1. The molecule has 0 aliphatic rings. The first-order chi connectivity index (χ1) is 9.22. The highest BCUT2D eigenvalue weighted by molar-refractivity contribution is 9.10. The van der Waals surface area contributed by atoms with Gasteiger partial charge in [0.05, 0.1) is 7.11 Å². The van der Waals surface area contributed by atoms with Gasteiger partial charge in [-0.05, 0) is 18.2 Å². The normalized spacial score (nSPS) is 10.8. The molecule has 0 radical (unpaired) electrons. The number of methoxy groups -OCH3 is 1. The van der Waals surface area contributed by atoms with E-state index in [-0.39, 0.29) is 0 Å². The number of anilines is 1. The Morgan fingerprint density at radius 2 is 2.00 bits per heavy atom. The van der Waals surface area contributed by atoms with Gasteiger partial charge in [-0.15, -0.1) is 0 Å². The van der Waals surface area contributed by atoms with E-state index in [0.29, 0.717) is 17.2 Å². The van der Waals surface area contributed by atoms with Crippen molar-refractivity contribution in [3.8, 4) is 17.0 Å². The number of aromatic nitrogens is 2. The zero-order chi connectivity index (χ0) is 13.4. The molecule has 0 fully saturated rings. The lowest BCUT2D eigenvalue weighted by molar-refractivity contribution is 0.417. The van der Waals surface area contributed by atoms with Crippen molar-refractivity contribution in [2.75, 3.05) is 12.8 Å². The first-order valence-corrected chi connectivity index (χ1v) is 6.57. The van der Waals surface area contributed by atoms with E-state index in [1.165, 1.54) is 0 Å². The van der Waals surface area contributed by atoms with E-state index in [0.717, 1.165) is 15.7 Å². The Balaban J connectivity index is 2.32. The van der Waals surface area contributed by atoms with Gasteiger partial charge in [0.1, 0.15) is 11.5 Å². The minimum absolute atomic E-state index is 0.598. The Hall–Kier alpha value is -2.01. The van der Waals surface area contributed by atoms with E-state index >= 15 is 0 Å². The summed E-state index contributed by atoms with van der Waals surface area (Å²) < 4.78 is 8.10. The van der Waals surface area contributed by atoms with Crippen LogP contribution < -0.4 is 10.5 Å². The number of benzene rings is 1. The summed E-state index contributed by atoms with van der Waals surface area (Å²) in [6.07, 6.45) is 1.88. The van der Waals surface area contributed by atoms with Crippen molar-refractivity contribution in [3.63, 3.8) is 0 Å². The number of ether oxygens (including phenoxy) is 1. The number of imidazole rings is 1. The van der Waals surface area contributed by atoms with Crippen LogP contribution in [0.3, 0.4) is 0 Å². The lowest BCUT2D eigenvalue weighted by atomic mass is 10.1. The van der Waals surface area contributed by atoms with Gasteiger partial charge < -0.3 is 10.5 Å². The minimum Gasteiger partial charge on any atom is -0.493 e. The molecule has 5 heteroatoms. The fourth-order valence-corrected chi connectivity index (χ4v) is 2.54. The number of rotatable bonds is 2. The second-order valence-electron chi connectivity index (χ2n) is 4.10. The van der Waals surface area contributed by atoms with Gasteiger partial charge in [0, 0.05) is 16.2 Å². The molecule has 0 aliphatic heterocycles. The van der Waals surface area contributed by atoms with Crippen LogP contribution in [-0.4, -0.2) is 16.5 Å². The predicted octanol–water partition coefficient (Wildman–Crippen LogP) is 3.35. The minimum atomic E-state index is 0.598. The van der Waals surface area contributed by atoms with Gasteiger partial charge in [0.15, 0.2) is 11.4 Å². The Bertz CT molecular complexity index is 752. The lowest BCUT2D eigenvalue weighted by Crippen LogP contribution is -1.95. The highest BCUT2D eigenvalue weighted by Crippen LogP contribution is 2.33. The van der Waals surface area contributed by atoms with E-state index in [4.69, 9.17) is 10.5 Å². The van der Waals surface area contributed by atoms with Crippen LogP contribution in [-0.2, 0) is 0 Å². The van der Waals surface area contributed by atoms with Crippen LogP contribution in [0.15, 0.2) is 47.1 Å². The van der Waals surface area contributed by atoms with Crippen LogP contribution in [0.1, 0.15) is 0 Å². The Morgan fingerprint density at radius 1 is 1.21 bits per heavy atom. The molecule has 0 atom stereocenters. The van der Waals surface area contributed by atoms with E-state index < -0.39 is 0 Å². The highest BCUT2D eigenvalue weighted by Gasteiger charge is 2.15. The van der Waals surface area contributed by atoms with Gasteiger partial charge in [-0.1, -0.05) is 34.1 Å². The molecule has 2 aromatic heterocycles. The molecular formula is C14H12BrN3O. The predicted molar refractivity (Wildman–Crippen MR) is 79.3 cm³/mol. The molecule has 2 heterocycles. The van der Waals surface area contributed by atoms with Gasteiger partial charge in [-0.3, -0.25) is 4.40 Å². The van der Waals surface area contributed by atoms with E-state index in [2.05, 4.69) is 20.9 Å². The molecule has 19 heavy (non-hydrogen) atoms. The van der Waals surface area contributed by atoms with Gasteiger partial charge in [-0.2, -0.15) is 0 Å². The lowest BCUT2D eigenvalue weighted by Gasteiger charge is -2.02. The van der Waals surface area contributed by atoms with Gasteiger partial charge in [0.2, 0.25) is 0 Å². The third kappa shape index (κ3) is 1.86. The Kier molecular flexibility index (Phi) is 2.91. The zero-order valence-corrected chi connectivity index (χ0v) is 11.9. The largest absolute Gasteiger partial charge is 0.493 e. The maximum atomic E-state index is 6.19. The quantitative estimate of drug-likeness (QED) is 0.788. The number of hydrogen-bond acceptors (Lipinski definition) is 3. The third-order valence-electron chi connectivity index (χ3n) is 3.00. The summed E-state index contributed by atoms with van der Waals surface area (Å²) >= 11 is 3.52. The number of pyridine rings is 1. The van der Waals surface area contributed by atoms with Crippen LogP contribution in [0.2, 0.25) is 0 Å². The molecule has 3 rings (SSSR count). The first kappa shape index (κ1) is 12.0. The van der Waals surface area contributed by atoms with Crippen LogP contribution in [0, 0.1) is 0 Å². The highest BCUT2D eigenvalue weighted by atomic mass is 79.9. The van der Waals surface area contributed by atoms with Gasteiger partial charge in [0.25, 0.3) is 0 Å². The van der Waals surface area contributed by atoms with E-state index in [1.54, 1.807) is 7.11 Å². The average Bonchev–Trinajstić information content (AvgIpc) is 2.77. The molecule has 0 saturated heterocycles. The fourth-order valence-electron chi connectivity index (χ4n) is 2.07. The van der Waals surface area contributed by atoms with Crippen LogP contribution in [0.25, 0.3) is 16.9 Å². The third-order valence-corrected chi connectivity index (χ3v) is 3.69. The van der Waals surface area contributed by atoms with Crippen molar-refractivity contribution in [2.24, 2.45) is 0 Å². The summed E-state index contributed by atoms with van der Waals surface area (Å²) in [5, 5.41) is 0. The fraction of sp³-hybridized carbons (Fsp3) is 0.0714. The smallest absolute Gasteiger partial charge is 0.181 e. The first-order valence-electron chi connectivity index (χ1n) is 5.78. The number of hydrogen-bond donors (Lipinski definition) is 1. The zero-order valence-electron chi connectivity index (χ0n) is 10.3. The summed E-state index contributed by atoms with van der Waals surface area (Å²) in [6, 6.07) is 11.6. The van der Waals surface area contributed by atoms with E-state index in [1.807, 2.05) is 47.0 Å². The maximum absolute atomic E-state index is 6.19. The topological polar surface area (TPSA) is 52.5 Å². The molecule has 0 aliphatic carbocycles. The molecule has 3 aromatic rings. The molecule has 2 N–H and O–H groups in total. The Morgan fingerprint density at radius 3 is 2.74 bits per heavy atom. The summed E-state index contributed by atoms with van der Waals surface area (Å²) in [6.45, 7) is 0. The van der Waals surface area contributed by atoms with Crippen molar-refractivity contribution in [1.29, 1.82) is 0 Å². The standard InChI is InChI=1S/C14H12BrN3O/c1-19-11-7-4-8-18-13(16)12(17-14(11)18)9-5-2-3-6-10(9)15/h2-8H,16H2,1H3. The van der Waals surface area contributed by atoms with Crippen molar-refractivity contribution >= 4 is 27.4 Å². The summed E-state index contributed by atoms with van der Waals surface area (Å²) in [5.41, 5.74) is 8.61. The summed E-state index contributed by atoms with van der Waals surface area (Å²) in [7, 11) is 1.62. The van der Waals surface area contributed by atoms with Gasteiger partial charge >= 0.3 is 0 Å². The van der Waals surface area contributed by atoms with E-state index in [9.17, 15) is 0 Å². The van der Waals surface area contributed by atoms with Crippen LogP contribution >= 0.6 is 15.9 Å². The molecule has 0 spiro atoms. The molecule has 4 nitrogen and oxygen atoms in total. The number of nitrogen functional groups attached to an aromatic ring is 1. The van der Waals surface area contributed by atoms with Crippen molar-refractivity contribution < 1.29 is 4.74 Å². The number of fused-ring (bicyclic) bond motifs is 1. The monoisotopic (exact) mass is 317 g/mol. The Labute approximate surface area is 119 Å². The molecule has 1 aromatic carbocycles. The molecular weight excluding hydrogens is 306 g/mol. The molecule has 0 bridgehead atoms. The summed E-state index contributed by atoms with van der Waals surface area (Å²) in [4.78, 5) is 4.60. The van der Waals surface area contributed by atoms with Crippen molar-refractivity contribution in [1.82, 2.24) is 9.38 Å². The SMILES string of the molecule is COc1cccn2c(N)c(-c3ccccc3Br)nc12. The van der Waals surface area contributed by atoms with Crippen LogP contribution in [0.4, 0.5) is 5.82 Å². The number of nitrogens with zero attached hydrogens (tertiary/aromatic N) is 2. The number of nitrogens with two attached hydrogens (primary N) is 1. The maximum Gasteiger partial charge on any atom is 0.181 e. The molecule has 0 saturated carbocycles. The molecule has 0 amide bonds. The van der Waals surface area contributed by atoms with Crippen molar-refractivity contribution in [2.45, 2.75) is 0 Å². The van der Waals surface area contributed by atoms with Crippen molar-refractivity contribution in [3.05, 3.63) is 47.1 Å². The molecule has 0 unspecified atom stereocenters. The van der Waals surface area contributed by atoms with Gasteiger partial charge in [-0.25, -0.2) is 4.98 Å². The van der Waals surface area contributed by atoms with Crippen LogP contribution in [0.5, 0.6) is 5.75 Å².